The van der Waals surface area contributed by atoms with Gasteiger partial charge in [0, 0.05) is 6.54 Å². The summed E-state index contributed by atoms with van der Waals surface area (Å²) in [5.41, 5.74) is -0.766. The van der Waals surface area contributed by atoms with Gasteiger partial charge in [0.05, 0.1) is 19.8 Å². The Kier molecular flexibility index (Phi) is 5.57. The molecule has 0 aliphatic heterocycles. The van der Waals surface area contributed by atoms with Crippen LogP contribution in [0.5, 0.6) is 0 Å². The topological polar surface area (TPSA) is 99.0 Å². The predicted octanol–water partition coefficient (Wildman–Crippen LogP) is -0.371. The normalized spacial score (nSPS) is 11.1. The van der Waals surface area contributed by atoms with E-state index in [9.17, 15) is 4.79 Å². The van der Waals surface area contributed by atoms with E-state index in [1.165, 1.54) is 0 Å². The van der Waals surface area contributed by atoms with E-state index in [1.807, 2.05) is 30.3 Å². The predicted molar refractivity (Wildman–Crippen MR) is 63.8 cm³/mol. The number of amides is 1. The van der Waals surface area contributed by atoms with Crippen LogP contribution in [-0.4, -0.2) is 46.8 Å². The summed E-state index contributed by atoms with van der Waals surface area (Å²) in [5.74, 6) is 0. The van der Waals surface area contributed by atoms with Crippen molar-refractivity contribution in [2.45, 2.75) is 12.1 Å². The molecule has 1 aromatic carbocycles. The van der Waals surface area contributed by atoms with E-state index in [0.717, 1.165) is 5.56 Å². The third-order valence-corrected chi connectivity index (χ3v) is 2.45. The largest absolute Gasteiger partial charge is 0.436 e. The first-order valence-corrected chi connectivity index (χ1v) is 5.49. The quantitative estimate of drug-likeness (QED) is 0.556. The lowest BCUT2D eigenvalue weighted by Crippen LogP contribution is -2.48. The van der Waals surface area contributed by atoms with E-state index in [-0.39, 0.29) is 6.54 Å². The van der Waals surface area contributed by atoms with Crippen LogP contribution in [0.15, 0.2) is 30.3 Å². The molecule has 100 valence electrons. The van der Waals surface area contributed by atoms with Crippen LogP contribution in [0.25, 0.3) is 0 Å². The first kappa shape index (κ1) is 14.4. The molecule has 0 bridgehead atoms. The minimum Gasteiger partial charge on any atom is -0.436 e. The first-order chi connectivity index (χ1) is 8.65. The number of ether oxygens (including phenoxy) is 1. The second kappa shape index (κ2) is 6.95. The van der Waals surface area contributed by atoms with Gasteiger partial charge in [0.25, 0.3) is 0 Å². The van der Waals surface area contributed by atoms with Crippen molar-refractivity contribution in [2.75, 3.05) is 19.8 Å². The molecule has 0 fully saturated rings. The summed E-state index contributed by atoms with van der Waals surface area (Å²) in [6, 6.07) is 9.19. The van der Waals surface area contributed by atoms with Gasteiger partial charge in [-0.15, -0.1) is 0 Å². The van der Waals surface area contributed by atoms with Gasteiger partial charge in [-0.3, -0.25) is 0 Å². The Morgan fingerprint density at radius 3 is 2.17 bits per heavy atom. The number of hydrogen-bond donors (Lipinski definition) is 4. The number of aliphatic hydroxyl groups excluding tert-OH is 3. The maximum atomic E-state index is 11.4. The summed E-state index contributed by atoms with van der Waals surface area (Å²) in [4.78, 5) is 11.4. The zero-order valence-electron chi connectivity index (χ0n) is 9.87. The third-order valence-electron chi connectivity index (χ3n) is 2.45. The molecule has 0 atom stereocenters. The Labute approximate surface area is 105 Å². The number of carbonyl (C=O) groups is 1. The second-order valence-corrected chi connectivity index (χ2v) is 3.89. The molecule has 0 radical (unpaired) electrons. The molecule has 0 unspecified atom stereocenters. The molecule has 0 aliphatic rings. The number of benzene rings is 1. The van der Waals surface area contributed by atoms with Gasteiger partial charge in [-0.1, -0.05) is 30.3 Å². The summed E-state index contributed by atoms with van der Waals surface area (Å²) in [6.45, 7) is -1.70. The van der Waals surface area contributed by atoms with Crippen LogP contribution in [0.3, 0.4) is 0 Å². The highest BCUT2D eigenvalue weighted by Crippen LogP contribution is 2.09. The lowest BCUT2D eigenvalue weighted by atomic mass is 10.1. The van der Waals surface area contributed by atoms with Gasteiger partial charge in [0.1, 0.15) is 0 Å². The Morgan fingerprint density at radius 2 is 1.67 bits per heavy atom. The number of nitrogens with one attached hydrogen (secondary N) is 1. The van der Waals surface area contributed by atoms with Crippen molar-refractivity contribution >= 4 is 6.09 Å². The van der Waals surface area contributed by atoms with E-state index in [0.29, 0.717) is 0 Å². The van der Waals surface area contributed by atoms with Crippen LogP contribution in [0.4, 0.5) is 4.79 Å². The van der Waals surface area contributed by atoms with E-state index in [1.54, 1.807) is 0 Å². The fraction of sp³-hybridized carbons (Fsp3) is 0.417. The molecule has 0 aromatic heterocycles. The monoisotopic (exact) mass is 255 g/mol. The van der Waals surface area contributed by atoms with Crippen molar-refractivity contribution in [3.63, 3.8) is 0 Å². The molecule has 4 N–H and O–H groups in total. The van der Waals surface area contributed by atoms with Crippen LogP contribution in [0.2, 0.25) is 0 Å². The highest BCUT2D eigenvalue weighted by Gasteiger charge is 2.32. The van der Waals surface area contributed by atoms with Crippen molar-refractivity contribution in [1.29, 1.82) is 0 Å². The molecule has 0 aliphatic carbocycles. The van der Waals surface area contributed by atoms with Crippen molar-refractivity contribution < 1.29 is 24.9 Å². The average Bonchev–Trinajstić information content (AvgIpc) is 2.44. The smallest absolute Gasteiger partial charge is 0.408 e. The van der Waals surface area contributed by atoms with Crippen LogP contribution in [-0.2, 0) is 11.3 Å². The van der Waals surface area contributed by atoms with Gasteiger partial charge in [-0.25, -0.2) is 4.79 Å². The molecule has 0 spiro atoms. The number of hydrogen-bond acceptors (Lipinski definition) is 5. The van der Waals surface area contributed by atoms with Gasteiger partial charge < -0.3 is 25.4 Å². The fourth-order valence-corrected chi connectivity index (χ4v) is 1.25. The highest BCUT2D eigenvalue weighted by molar-refractivity contribution is 5.67. The summed E-state index contributed by atoms with van der Waals surface area (Å²) < 4.78 is 4.81. The molecule has 0 saturated carbocycles. The SMILES string of the molecule is O=C(NCc1ccccc1)OC(CO)(CO)CO. The minimum absolute atomic E-state index is 0.262. The maximum Gasteiger partial charge on any atom is 0.408 e. The van der Waals surface area contributed by atoms with Gasteiger partial charge in [-0.05, 0) is 5.56 Å². The standard InChI is InChI=1S/C12H17NO5/c14-7-12(8-15,9-16)18-11(17)13-6-10-4-2-1-3-5-10/h1-5,14-16H,6-9H2,(H,13,17). The minimum atomic E-state index is -1.65. The highest BCUT2D eigenvalue weighted by atomic mass is 16.6. The van der Waals surface area contributed by atoms with E-state index in [2.05, 4.69) is 5.32 Å². The summed E-state index contributed by atoms with van der Waals surface area (Å²) in [7, 11) is 0. The lowest BCUT2D eigenvalue weighted by molar-refractivity contribution is -0.0930. The average molecular weight is 255 g/mol. The van der Waals surface area contributed by atoms with Gasteiger partial charge in [0.15, 0.2) is 5.60 Å². The van der Waals surface area contributed by atoms with Crippen LogP contribution >= 0.6 is 0 Å². The molecule has 0 heterocycles. The Hall–Kier alpha value is -1.63. The number of aliphatic hydroxyl groups is 3. The fourth-order valence-electron chi connectivity index (χ4n) is 1.25. The lowest BCUT2D eigenvalue weighted by Gasteiger charge is -2.27. The van der Waals surface area contributed by atoms with Crippen molar-refractivity contribution in [3.05, 3.63) is 35.9 Å². The van der Waals surface area contributed by atoms with Crippen molar-refractivity contribution in [1.82, 2.24) is 5.32 Å². The summed E-state index contributed by atoms with van der Waals surface area (Å²) in [5, 5.41) is 29.4. The number of carbonyl (C=O) groups excluding carboxylic acids is 1. The number of rotatable bonds is 6. The maximum absolute atomic E-state index is 11.4. The molecule has 0 saturated heterocycles. The van der Waals surface area contributed by atoms with E-state index in [4.69, 9.17) is 20.1 Å². The molecule has 1 aromatic rings. The third kappa shape index (κ3) is 3.99. The Balaban J connectivity index is 2.46. The summed E-state index contributed by atoms with van der Waals surface area (Å²) in [6.07, 6.45) is -0.809. The van der Waals surface area contributed by atoms with E-state index < -0.39 is 31.5 Å². The molecule has 6 heteroatoms. The molecule has 1 amide bonds. The summed E-state index contributed by atoms with van der Waals surface area (Å²) >= 11 is 0. The Bertz CT molecular complexity index is 356. The van der Waals surface area contributed by atoms with Crippen LogP contribution in [0.1, 0.15) is 5.56 Å². The van der Waals surface area contributed by atoms with Gasteiger partial charge in [-0.2, -0.15) is 0 Å². The Morgan fingerprint density at radius 1 is 1.11 bits per heavy atom. The van der Waals surface area contributed by atoms with Crippen LogP contribution < -0.4 is 5.32 Å². The molecule has 18 heavy (non-hydrogen) atoms. The van der Waals surface area contributed by atoms with Crippen LogP contribution in [0, 0.1) is 0 Å². The number of alkyl carbamates (subject to hydrolysis) is 1. The molecule has 6 nitrogen and oxygen atoms in total. The van der Waals surface area contributed by atoms with E-state index >= 15 is 0 Å². The molecular weight excluding hydrogens is 238 g/mol. The zero-order valence-corrected chi connectivity index (χ0v) is 9.87. The molecule has 1 rings (SSSR count). The second-order valence-electron chi connectivity index (χ2n) is 3.89. The zero-order chi connectivity index (χ0) is 13.4. The molecular formula is C12H17NO5. The van der Waals surface area contributed by atoms with Gasteiger partial charge in [0.2, 0.25) is 0 Å². The van der Waals surface area contributed by atoms with Crippen molar-refractivity contribution in [3.8, 4) is 0 Å². The van der Waals surface area contributed by atoms with Crippen molar-refractivity contribution in [2.24, 2.45) is 0 Å². The van der Waals surface area contributed by atoms with Gasteiger partial charge >= 0.3 is 6.09 Å². The first-order valence-electron chi connectivity index (χ1n) is 5.49.